The molecule has 1 aliphatic heterocycles. The van der Waals surface area contributed by atoms with Crippen molar-refractivity contribution in [2.45, 2.75) is 32.3 Å². The molecular weight excluding hydrogens is 332 g/mol. The molecule has 0 N–H and O–H groups in total. The van der Waals surface area contributed by atoms with Gasteiger partial charge in [0.1, 0.15) is 17.4 Å². The van der Waals surface area contributed by atoms with Crippen molar-refractivity contribution < 1.29 is 18.8 Å². The fraction of sp³-hybridized carbons (Fsp3) is 0.250. The minimum Gasteiger partial charge on any atom is -0.457 e. The Bertz CT molecular complexity index is 903. The summed E-state index contributed by atoms with van der Waals surface area (Å²) in [4.78, 5) is 17.1. The van der Waals surface area contributed by atoms with E-state index in [4.69, 9.17) is 14.0 Å². The average Bonchev–Trinajstić information content (AvgIpc) is 3.13. The van der Waals surface area contributed by atoms with Gasteiger partial charge in [-0.05, 0) is 12.1 Å². The molecule has 0 spiro atoms. The van der Waals surface area contributed by atoms with Gasteiger partial charge in [-0.1, -0.05) is 55.4 Å². The van der Waals surface area contributed by atoms with E-state index in [0.717, 1.165) is 11.1 Å². The van der Waals surface area contributed by atoms with Gasteiger partial charge in [0.15, 0.2) is 12.4 Å². The Balaban J connectivity index is 1.59. The largest absolute Gasteiger partial charge is 0.457 e. The van der Waals surface area contributed by atoms with Crippen LogP contribution in [0.15, 0.2) is 53.1 Å². The highest BCUT2D eigenvalue weighted by atomic mass is 16.6. The summed E-state index contributed by atoms with van der Waals surface area (Å²) in [6, 6.07) is 15.0. The first-order valence-electron chi connectivity index (χ1n) is 8.48. The molecule has 0 fully saturated rings. The van der Waals surface area contributed by atoms with E-state index in [2.05, 4.69) is 10.1 Å². The number of hydrogen-bond donors (Lipinski definition) is 0. The molecule has 0 aliphatic carbocycles. The van der Waals surface area contributed by atoms with E-state index in [1.54, 1.807) is 0 Å². The first kappa shape index (κ1) is 16.3. The van der Waals surface area contributed by atoms with Gasteiger partial charge in [-0.3, -0.25) is 4.79 Å². The third-order valence-corrected chi connectivity index (χ3v) is 4.25. The number of ether oxygens (including phenoxy) is 2. The Kier molecular flexibility index (Phi) is 4.16. The van der Waals surface area contributed by atoms with Crippen molar-refractivity contribution in [2.24, 2.45) is 0 Å². The number of rotatable bonds is 4. The second-order valence-corrected chi connectivity index (χ2v) is 6.42. The molecule has 0 bridgehead atoms. The molecule has 2 heterocycles. The van der Waals surface area contributed by atoms with Crippen LogP contribution < -0.4 is 4.74 Å². The Morgan fingerprint density at radius 3 is 2.27 bits per heavy atom. The van der Waals surface area contributed by atoms with Gasteiger partial charge in [0.2, 0.25) is 0 Å². The molecule has 26 heavy (non-hydrogen) atoms. The zero-order chi connectivity index (χ0) is 18.1. The number of carbonyl (C=O) groups is 1. The highest BCUT2D eigenvalue weighted by molar-refractivity contribution is 5.85. The summed E-state index contributed by atoms with van der Waals surface area (Å²) < 4.78 is 16.5. The topological polar surface area (TPSA) is 74.5 Å². The second-order valence-electron chi connectivity index (χ2n) is 6.42. The van der Waals surface area contributed by atoms with Crippen molar-refractivity contribution in [2.75, 3.05) is 0 Å². The molecule has 1 aromatic heterocycles. The van der Waals surface area contributed by atoms with E-state index in [1.807, 2.05) is 62.4 Å². The molecule has 6 nitrogen and oxygen atoms in total. The maximum absolute atomic E-state index is 12.9. The zero-order valence-electron chi connectivity index (χ0n) is 14.5. The number of para-hydroxylation sites is 2. The third-order valence-electron chi connectivity index (χ3n) is 4.25. The highest BCUT2D eigenvalue weighted by Crippen LogP contribution is 2.44. The molecule has 0 saturated carbocycles. The summed E-state index contributed by atoms with van der Waals surface area (Å²) >= 11 is 0. The molecule has 2 aromatic carbocycles. The van der Waals surface area contributed by atoms with Crippen LogP contribution in [0.4, 0.5) is 0 Å². The van der Waals surface area contributed by atoms with Gasteiger partial charge in [0.05, 0.1) is 0 Å². The predicted octanol–water partition coefficient (Wildman–Crippen LogP) is 4.17. The fourth-order valence-corrected chi connectivity index (χ4v) is 2.94. The van der Waals surface area contributed by atoms with Crippen LogP contribution in [0.3, 0.4) is 0 Å². The average molecular weight is 350 g/mol. The maximum atomic E-state index is 12.9. The van der Waals surface area contributed by atoms with Crippen LogP contribution in [0, 0.1) is 0 Å². The summed E-state index contributed by atoms with van der Waals surface area (Å²) in [5, 5.41) is 3.88. The Labute approximate surface area is 150 Å². The van der Waals surface area contributed by atoms with Crippen molar-refractivity contribution >= 4 is 5.97 Å². The molecule has 6 heteroatoms. The van der Waals surface area contributed by atoms with E-state index in [1.165, 1.54) is 0 Å². The second kappa shape index (κ2) is 6.63. The lowest BCUT2D eigenvalue weighted by molar-refractivity contribution is -0.146. The molecule has 1 aliphatic rings. The lowest BCUT2D eigenvalue weighted by atomic mass is 9.88. The molecule has 132 valence electrons. The lowest BCUT2D eigenvalue weighted by Crippen LogP contribution is -2.21. The Morgan fingerprint density at radius 1 is 1.08 bits per heavy atom. The quantitative estimate of drug-likeness (QED) is 0.657. The summed E-state index contributed by atoms with van der Waals surface area (Å²) in [5.74, 6) is 1.42. The zero-order valence-corrected chi connectivity index (χ0v) is 14.5. The first-order valence-corrected chi connectivity index (χ1v) is 8.48. The Morgan fingerprint density at radius 2 is 1.69 bits per heavy atom. The molecular formula is C20H18N2O4. The molecule has 4 rings (SSSR count). The van der Waals surface area contributed by atoms with Gasteiger partial charge in [-0.25, -0.2) is 0 Å². The van der Waals surface area contributed by atoms with Gasteiger partial charge in [0, 0.05) is 17.0 Å². The predicted molar refractivity (Wildman–Crippen MR) is 93.0 cm³/mol. The van der Waals surface area contributed by atoms with E-state index < -0.39 is 5.92 Å². The molecule has 0 unspecified atom stereocenters. The van der Waals surface area contributed by atoms with Crippen LogP contribution in [-0.4, -0.2) is 16.1 Å². The molecule has 0 atom stereocenters. The van der Waals surface area contributed by atoms with Crippen molar-refractivity contribution in [1.82, 2.24) is 10.1 Å². The number of nitrogens with zero attached hydrogens (tertiary/aromatic N) is 2. The van der Waals surface area contributed by atoms with Crippen molar-refractivity contribution in [3.05, 3.63) is 71.4 Å². The Hall–Kier alpha value is -3.15. The minimum atomic E-state index is -0.552. The monoisotopic (exact) mass is 350 g/mol. The SMILES string of the molecule is CC(C)c1noc(COC(=O)C2c3ccccc3Oc3ccccc32)n1. The van der Waals surface area contributed by atoms with Crippen molar-refractivity contribution in [3.8, 4) is 11.5 Å². The van der Waals surface area contributed by atoms with Gasteiger partial charge >= 0.3 is 5.97 Å². The smallest absolute Gasteiger partial charge is 0.318 e. The van der Waals surface area contributed by atoms with Gasteiger partial charge in [-0.15, -0.1) is 0 Å². The normalized spacial score (nSPS) is 13.0. The van der Waals surface area contributed by atoms with Crippen LogP contribution in [-0.2, 0) is 16.1 Å². The van der Waals surface area contributed by atoms with Crippen LogP contribution in [0.5, 0.6) is 11.5 Å². The van der Waals surface area contributed by atoms with E-state index in [9.17, 15) is 4.79 Å². The number of hydrogen-bond acceptors (Lipinski definition) is 6. The van der Waals surface area contributed by atoms with Crippen LogP contribution in [0.2, 0.25) is 0 Å². The minimum absolute atomic E-state index is 0.0553. The van der Waals surface area contributed by atoms with Crippen LogP contribution in [0.25, 0.3) is 0 Å². The van der Waals surface area contributed by atoms with Gasteiger partial charge in [0.25, 0.3) is 5.89 Å². The molecule has 0 radical (unpaired) electrons. The lowest BCUT2D eigenvalue weighted by Gasteiger charge is -2.26. The summed E-state index contributed by atoms with van der Waals surface area (Å²) in [6.07, 6.45) is 0. The van der Waals surface area contributed by atoms with Gasteiger partial charge in [-0.2, -0.15) is 4.98 Å². The number of aromatic nitrogens is 2. The number of fused-ring (bicyclic) bond motifs is 2. The third kappa shape index (κ3) is 2.94. The summed E-state index contributed by atoms with van der Waals surface area (Å²) in [5.41, 5.74) is 1.56. The van der Waals surface area contributed by atoms with Crippen molar-refractivity contribution in [1.29, 1.82) is 0 Å². The fourth-order valence-electron chi connectivity index (χ4n) is 2.94. The first-order chi connectivity index (χ1) is 12.6. The summed E-state index contributed by atoms with van der Waals surface area (Å²) in [6.45, 7) is 3.88. The van der Waals surface area contributed by atoms with Crippen LogP contribution in [0.1, 0.15) is 48.5 Å². The van der Waals surface area contributed by atoms with E-state index in [0.29, 0.717) is 17.3 Å². The van der Waals surface area contributed by atoms with Crippen molar-refractivity contribution in [3.63, 3.8) is 0 Å². The van der Waals surface area contributed by atoms with Gasteiger partial charge < -0.3 is 14.0 Å². The molecule has 0 amide bonds. The molecule has 0 saturated heterocycles. The van der Waals surface area contributed by atoms with Crippen LogP contribution >= 0.6 is 0 Å². The maximum Gasteiger partial charge on any atom is 0.318 e. The highest BCUT2D eigenvalue weighted by Gasteiger charge is 2.33. The van der Waals surface area contributed by atoms with E-state index in [-0.39, 0.29) is 24.4 Å². The number of esters is 1. The molecule has 3 aromatic rings. The van der Waals surface area contributed by atoms with E-state index >= 15 is 0 Å². The standard InChI is InChI=1S/C20H18N2O4/c1-12(2)19-21-17(26-22-19)11-24-20(23)18-13-7-3-5-9-15(13)25-16-10-6-4-8-14(16)18/h3-10,12,18H,11H2,1-2H3. The number of benzene rings is 2. The number of carbonyl (C=O) groups excluding carboxylic acids is 1. The summed E-state index contributed by atoms with van der Waals surface area (Å²) in [7, 11) is 0.